The van der Waals surface area contributed by atoms with E-state index >= 15 is 0 Å². The number of carbonyl (C=O) groups excluding carboxylic acids is 2. The van der Waals surface area contributed by atoms with Gasteiger partial charge in [-0.05, 0) is 41.5 Å². The summed E-state index contributed by atoms with van der Waals surface area (Å²) in [6.07, 6.45) is 0.921. The first-order valence-corrected chi connectivity index (χ1v) is 9.27. The molecule has 1 heterocycles. The van der Waals surface area contributed by atoms with E-state index in [0.29, 0.717) is 0 Å². The van der Waals surface area contributed by atoms with Crippen LogP contribution in [0.3, 0.4) is 0 Å². The highest BCUT2D eigenvalue weighted by atomic mass is 19.1. The van der Waals surface area contributed by atoms with Crippen molar-refractivity contribution in [2.75, 3.05) is 6.61 Å². The molecule has 2 amide bonds. The van der Waals surface area contributed by atoms with E-state index in [1.54, 1.807) is 24.3 Å². The van der Waals surface area contributed by atoms with Crippen LogP contribution in [0.4, 0.5) is 8.78 Å². The zero-order chi connectivity index (χ0) is 22.2. The minimum absolute atomic E-state index is 0.104. The standard InChI is InChI=1S/C22H19F2N3O4/c23-16-5-7-18(8-6-16)31-22-19(9-17(24)12-27-22)21(30)26-11-15-3-1-14(2-4-15)10-25-20(29)13-28/h1-9,12,28H,10-11,13H2,(H,25,29)(H,26,30). The number of nitrogens with zero attached hydrogens (tertiary/aromatic N) is 1. The number of aliphatic hydroxyl groups excluding tert-OH is 1. The van der Waals surface area contributed by atoms with Crippen molar-refractivity contribution in [3.8, 4) is 11.6 Å². The second kappa shape index (κ2) is 10.3. The number of amides is 2. The third-order valence-electron chi connectivity index (χ3n) is 4.20. The first-order valence-electron chi connectivity index (χ1n) is 9.27. The fourth-order valence-corrected chi connectivity index (χ4v) is 2.59. The summed E-state index contributed by atoms with van der Waals surface area (Å²) in [5, 5.41) is 13.9. The van der Waals surface area contributed by atoms with Gasteiger partial charge in [0.15, 0.2) is 0 Å². The molecule has 0 aliphatic rings. The average molecular weight is 427 g/mol. The molecule has 2 aromatic carbocycles. The summed E-state index contributed by atoms with van der Waals surface area (Å²) in [4.78, 5) is 27.5. The second-order valence-corrected chi connectivity index (χ2v) is 6.50. The molecule has 7 nitrogen and oxygen atoms in total. The van der Waals surface area contributed by atoms with E-state index in [2.05, 4.69) is 15.6 Å². The number of rotatable bonds is 8. The Balaban J connectivity index is 1.64. The Morgan fingerprint density at radius 1 is 0.903 bits per heavy atom. The van der Waals surface area contributed by atoms with Gasteiger partial charge in [0.2, 0.25) is 11.8 Å². The highest BCUT2D eigenvalue weighted by Gasteiger charge is 2.16. The van der Waals surface area contributed by atoms with Crippen molar-refractivity contribution >= 4 is 11.8 Å². The SMILES string of the molecule is O=C(CO)NCc1ccc(CNC(=O)c2cc(F)cnc2Oc2ccc(F)cc2)cc1. The van der Waals surface area contributed by atoms with Crippen molar-refractivity contribution < 1.29 is 28.2 Å². The molecule has 9 heteroatoms. The van der Waals surface area contributed by atoms with Crippen LogP contribution in [0.5, 0.6) is 11.6 Å². The molecule has 0 unspecified atom stereocenters. The third kappa shape index (κ3) is 6.31. The number of hydrogen-bond acceptors (Lipinski definition) is 5. The first kappa shape index (κ1) is 21.8. The molecule has 31 heavy (non-hydrogen) atoms. The van der Waals surface area contributed by atoms with E-state index in [-0.39, 0.29) is 30.3 Å². The second-order valence-electron chi connectivity index (χ2n) is 6.50. The van der Waals surface area contributed by atoms with Crippen molar-refractivity contribution in [2.45, 2.75) is 13.1 Å². The van der Waals surface area contributed by atoms with E-state index in [0.717, 1.165) is 23.4 Å². The number of halogens is 2. The number of benzene rings is 2. The number of hydrogen-bond donors (Lipinski definition) is 3. The molecule has 0 spiro atoms. The van der Waals surface area contributed by atoms with Crippen LogP contribution in [-0.4, -0.2) is 28.5 Å². The smallest absolute Gasteiger partial charge is 0.257 e. The van der Waals surface area contributed by atoms with Gasteiger partial charge in [-0.3, -0.25) is 9.59 Å². The lowest BCUT2D eigenvalue weighted by Gasteiger charge is -2.11. The first-order chi connectivity index (χ1) is 14.9. The van der Waals surface area contributed by atoms with Crippen molar-refractivity contribution in [1.29, 1.82) is 0 Å². The molecule has 3 aromatic rings. The molecule has 0 radical (unpaired) electrons. The van der Waals surface area contributed by atoms with Gasteiger partial charge in [0.1, 0.15) is 29.6 Å². The molecule has 160 valence electrons. The Kier molecular flexibility index (Phi) is 7.23. The van der Waals surface area contributed by atoms with Gasteiger partial charge in [0, 0.05) is 13.1 Å². The number of carbonyl (C=O) groups is 2. The minimum Gasteiger partial charge on any atom is -0.438 e. The summed E-state index contributed by atoms with van der Waals surface area (Å²) in [6.45, 7) is -0.147. The van der Waals surface area contributed by atoms with E-state index in [4.69, 9.17) is 9.84 Å². The minimum atomic E-state index is -0.703. The lowest BCUT2D eigenvalue weighted by atomic mass is 10.1. The number of nitrogens with one attached hydrogen (secondary N) is 2. The van der Waals surface area contributed by atoms with Gasteiger partial charge in [-0.1, -0.05) is 24.3 Å². The monoisotopic (exact) mass is 427 g/mol. The molecule has 0 saturated heterocycles. The molecule has 0 aliphatic heterocycles. The number of aliphatic hydroxyl groups is 1. The maximum atomic E-state index is 13.7. The molecule has 0 bridgehead atoms. The third-order valence-corrected chi connectivity index (χ3v) is 4.20. The molecular weight excluding hydrogens is 408 g/mol. The fourth-order valence-electron chi connectivity index (χ4n) is 2.59. The summed E-state index contributed by atoms with van der Waals surface area (Å²) in [5.41, 5.74) is 1.49. The van der Waals surface area contributed by atoms with E-state index < -0.39 is 30.1 Å². The van der Waals surface area contributed by atoms with E-state index in [1.165, 1.54) is 24.3 Å². The van der Waals surface area contributed by atoms with Gasteiger partial charge >= 0.3 is 0 Å². The molecule has 3 rings (SSSR count). The fraction of sp³-hybridized carbons (Fsp3) is 0.136. The predicted octanol–water partition coefficient (Wildman–Crippen LogP) is 2.69. The van der Waals surface area contributed by atoms with Gasteiger partial charge in [-0.15, -0.1) is 0 Å². The van der Waals surface area contributed by atoms with Crippen LogP contribution in [0.1, 0.15) is 21.5 Å². The molecule has 0 fully saturated rings. The molecule has 1 aromatic heterocycles. The van der Waals surface area contributed by atoms with Crippen molar-refractivity contribution in [1.82, 2.24) is 15.6 Å². The predicted molar refractivity (Wildman–Crippen MR) is 107 cm³/mol. The maximum absolute atomic E-state index is 13.7. The molecule has 0 saturated carbocycles. The average Bonchev–Trinajstić information content (AvgIpc) is 2.79. The van der Waals surface area contributed by atoms with Gasteiger partial charge < -0.3 is 20.5 Å². The Morgan fingerprint density at radius 3 is 2.13 bits per heavy atom. The van der Waals surface area contributed by atoms with Crippen LogP contribution in [0, 0.1) is 11.6 Å². The molecule has 0 atom stereocenters. The largest absolute Gasteiger partial charge is 0.438 e. The normalized spacial score (nSPS) is 10.4. The van der Waals surface area contributed by atoms with Crippen molar-refractivity contribution in [3.63, 3.8) is 0 Å². The molecule has 0 aliphatic carbocycles. The Morgan fingerprint density at radius 2 is 1.52 bits per heavy atom. The lowest BCUT2D eigenvalue weighted by molar-refractivity contribution is -0.123. The van der Waals surface area contributed by atoms with Crippen LogP contribution in [0.2, 0.25) is 0 Å². The van der Waals surface area contributed by atoms with E-state index in [1.807, 2.05) is 0 Å². The van der Waals surface area contributed by atoms with Gasteiger partial charge in [0.05, 0.1) is 6.20 Å². The van der Waals surface area contributed by atoms with Crippen LogP contribution < -0.4 is 15.4 Å². The van der Waals surface area contributed by atoms with E-state index in [9.17, 15) is 18.4 Å². The lowest BCUT2D eigenvalue weighted by Crippen LogP contribution is -2.25. The zero-order valence-corrected chi connectivity index (χ0v) is 16.3. The van der Waals surface area contributed by atoms with Crippen LogP contribution in [-0.2, 0) is 17.9 Å². The Bertz CT molecular complexity index is 1060. The maximum Gasteiger partial charge on any atom is 0.257 e. The summed E-state index contributed by atoms with van der Waals surface area (Å²) in [5.74, 6) is -2.08. The Labute approximate surface area is 176 Å². The number of aromatic nitrogens is 1. The molecular formula is C22H19F2N3O4. The van der Waals surface area contributed by atoms with Gasteiger partial charge in [-0.2, -0.15) is 0 Å². The van der Waals surface area contributed by atoms with Gasteiger partial charge in [-0.25, -0.2) is 13.8 Å². The highest BCUT2D eigenvalue weighted by Crippen LogP contribution is 2.24. The zero-order valence-electron chi connectivity index (χ0n) is 16.3. The highest BCUT2D eigenvalue weighted by molar-refractivity contribution is 5.96. The quantitative estimate of drug-likeness (QED) is 0.513. The summed E-state index contributed by atoms with van der Waals surface area (Å²) < 4.78 is 32.2. The number of pyridine rings is 1. The number of ether oxygens (including phenoxy) is 1. The van der Waals surface area contributed by atoms with Crippen LogP contribution in [0.15, 0.2) is 60.8 Å². The van der Waals surface area contributed by atoms with Crippen molar-refractivity contribution in [2.24, 2.45) is 0 Å². The summed E-state index contributed by atoms with van der Waals surface area (Å²) in [6, 6.07) is 13.2. The summed E-state index contributed by atoms with van der Waals surface area (Å²) in [7, 11) is 0. The van der Waals surface area contributed by atoms with Crippen LogP contribution >= 0.6 is 0 Å². The molecule has 3 N–H and O–H groups in total. The van der Waals surface area contributed by atoms with Crippen LogP contribution in [0.25, 0.3) is 0 Å². The topological polar surface area (TPSA) is 101 Å². The Hall–Kier alpha value is -3.85. The summed E-state index contributed by atoms with van der Waals surface area (Å²) >= 11 is 0. The van der Waals surface area contributed by atoms with Crippen molar-refractivity contribution in [3.05, 3.63) is 89.1 Å². The van der Waals surface area contributed by atoms with Gasteiger partial charge in [0.25, 0.3) is 5.91 Å².